The summed E-state index contributed by atoms with van der Waals surface area (Å²) in [6, 6.07) is 8.39. The number of nitro groups is 1. The Morgan fingerprint density at radius 1 is 1.06 bits per heavy atom. The molecule has 0 spiro atoms. The highest BCUT2D eigenvalue weighted by atomic mass is 32.2. The number of hydrogen-bond donors (Lipinski definition) is 0. The predicted molar refractivity (Wildman–Crippen MR) is 109 cm³/mol. The molecule has 4 rings (SSSR count). The molecule has 2 aromatic rings. The zero-order valence-corrected chi connectivity index (χ0v) is 17.7. The van der Waals surface area contributed by atoms with Crippen LogP contribution in [-0.4, -0.2) is 56.5 Å². The molecule has 1 saturated heterocycles. The Bertz CT molecular complexity index is 1150. The van der Waals surface area contributed by atoms with E-state index in [0.29, 0.717) is 45.4 Å². The molecule has 0 N–H and O–H groups in total. The van der Waals surface area contributed by atoms with Crippen LogP contribution in [0.2, 0.25) is 0 Å². The maximum Gasteiger partial charge on any atom is 0.501 e. The Labute approximate surface area is 182 Å². The number of halogens is 3. The number of sulfone groups is 1. The lowest BCUT2D eigenvalue weighted by molar-refractivity contribution is -0.384. The van der Waals surface area contributed by atoms with E-state index in [9.17, 15) is 31.7 Å². The molecule has 0 aromatic heterocycles. The lowest BCUT2D eigenvalue weighted by Gasteiger charge is -2.36. The molecule has 8 nitrogen and oxygen atoms in total. The SMILES string of the molecule is O=[N+]([O-])c1cc(S(=O)(=O)C(F)(F)F)ccc1N1CCN(Cc2ccc3c(c2)CCO3)CC1. The van der Waals surface area contributed by atoms with Gasteiger partial charge in [0.15, 0.2) is 0 Å². The molecular weight excluding hydrogens is 451 g/mol. The van der Waals surface area contributed by atoms with Gasteiger partial charge < -0.3 is 9.64 Å². The summed E-state index contributed by atoms with van der Waals surface area (Å²) in [6.07, 6.45) is 0.876. The van der Waals surface area contributed by atoms with E-state index in [-0.39, 0.29) is 5.69 Å². The van der Waals surface area contributed by atoms with E-state index >= 15 is 0 Å². The van der Waals surface area contributed by atoms with Gasteiger partial charge >= 0.3 is 5.51 Å². The summed E-state index contributed by atoms with van der Waals surface area (Å²) in [5.41, 5.74) is -3.79. The predicted octanol–water partition coefficient (Wildman–Crippen LogP) is 3.15. The van der Waals surface area contributed by atoms with Crippen molar-refractivity contribution >= 4 is 21.2 Å². The number of rotatable bonds is 5. The zero-order valence-electron chi connectivity index (χ0n) is 16.8. The summed E-state index contributed by atoms with van der Waals surface area (Å²) in [7, 11) is -5.67. The molecule has 2 aliphatic rings. The van der Waals surface area contributed by atoms with Gasteiger partial charge in [-0.3, -0.25) is 15.0 Å². The molecule has 0 aliphatic carbocycles. The van der Waals surface area contributed by atoms with Crippen molar-refractivity contribution < 1.29 is 31.2 Å². The summed E-state index contributed by atoms with van der Waals surface area (Å²) in [5, 5.41) is 11.5. The average molecular weight is 471 g/mol. The number of nitrogens with zero attached hydrogens (tertiary/aromatic N) is 3. The number of benzene rings is 2. The van der Waals surface area contributed by atoms with Gasteiger partial charge in [0.25, 0.3) is 15.5 Å². The van der Waals surface area contributed by atoms with Crippen molar-refractivity contribution in [3.05, 3.63) is 57.6 Å². The molecule has 2 aliphatic heterocycles. The van der Waals surface area contributed by atoms with Crippen LogP contribution in [0.5, 0.6) is 5.75 Å². The number of ether oxygens (including phenoxy) is 1. The Morgan fingerprint density at radius 3 is 2.44 bits per heavy atom. The average Bonchev–Trinajstić information content (AvgIpc) is 3.21. The third-order valence-electron chi connectivity index (χ3n) is 5.63. The third kappa shape index (κ3) is 4.24. The van der Waals surface area contributed by atoms with Gasteiger partial charge in [-0.2, -0.15) is 13.2 Å². The fourth-order valence-electron chi connectivity index (χ4n) is 3.96. The first-order chi connectivity index (χ1) is 15.1. The second kappa shape index (κ2) is 8.24. The van der Waals surface area contributed by atoms with Gasteiger partial charge in [0.1, 0.15) is 11.4 Å². The van der Waals surface area contributed by atoms with Gasteiger partial charge in [-0.25, -0.2) is 8.42 Å². The number of nitro benzene ring substituents is 1. The highest BCUT2D eigenvalue weighted by Gasteiger charge is 2.47. The van der Waals surface area contributed by atoms with E-state index in [1.165, 1.54) is 5.56 Å². The van der Waals surface area contributed by atoms with Crippen LogP contribution >= 0.6 is 0 Å². The van der Waals surface area contributed by atoms with Crippen molar-refractivity contribution in [3.63, 3.8) is 0 Å². The van der Waals surface area contributed by atoms with Crippen molar-refractivity contribution in [2.45, 2.75) is 23.4 Å². The standard InChI is InChI=1S/C20H20F3N3O5S/c21-20(22,23)32(29,30)16-2-3-17(18(12-16)26(27)28)25-8-6-24(7-9-25)13-14-1-4-19-15(11-14)5-10-31-19/h1-4,11-12H,5-10,13H2. The number of anilines is 1. The smallest absolute Gasteiger partial charge is 0.493 e. The summed E-state index contributed by atoms with van der Waals surface area (Å²) >= 11 is 0. The van der Waals surface area contributed by atoms with E-state index in [2.05, 4.69) is 11.0 Å². The quantitative estimate of drug-likeness (QED) is 0.489. The molecule has 0 saturated carbocycles. The molecular formula is C20H20F3N3O5S. The lowest BCUT2D eigenvalue weighted by Crippen LogP contribution is -2.46. The van der Waals surface area contributed by atoms with Gasteiger partial charge in [-0.1, -0.05) is 12.1 Å². The summed E-state index contributed by atoms with van der Waals surface area (Å²) < 4.78 is 67.2. The second-order valence-electron chi connectivity index (χ2n) is 7.66. The van der Waals surface area contributed by atoms with Crippen molar-refractivity contribution in [1.82, 2.24) is 4.90 Å². The fourth-order valence-corrected chi connectivity index (χ4v) is 4.74. The topological polar surface area (TPSA) is 93.0 Å². The number of hydrogen-bond acceptors (Lipinski definition) is 7. The Hall–Kier alpha value is -2.86. The molecule has 32 heavy (non-hydrogen) atoms. The van der Waals surface area contributed by atoms with E-state index in [1.54, 1.807) is 4.90 Å². The Morgan fingerprint density at radius 2 is 1.78 bits per heavy atom. The molecule has 172 valence electrons. The van der Waals surface area contributed by atoms with E-state index in [4.69, 9.17) is 4.74 Å². The highest BCUT2D eigenvalue weighted by Crippen LogP contribution is 2.36. The number of alkyl halides is 3. The zero-order chi connectivity index (χ0) is 23.1. The monoisotopic (exact) mass is 471 g/mol. The van der Waals surface area contributed by atoms with Gasteiger partial charge in [-0.05, 0) is 29.3 Å². The van der Waals surface area contributed by atoms with Crippen LogP contribution in [0, 0.1) is 10.1 Å². The van der Waals surface area contributed by atoms with E-state index in [0.717, 1.165) is 29.9 Å². The minimum Gasteiger partial charge on any atom is -0.493 e. The largest absolute Gasteiger partial charge is 0.501 e. The molecule has 0 bridgehead atoms. The minimum atomic E-state index is -5.67. The molecule has 12 heteroatoms. The van der Waals surface area contributed by atoms with Crippen LogP contribution < -0.4 is 9.64 Å². The summed E-state index contributed by atoms with van der Waals surface area (Å²) in [6.45, 7) is 3.40. The molecule has 0 amide bonds. The first-order valence-corrected chi connectivity index (χ1v) is 11.4. The lowest BCUT2D eigenvalue weighted by atomic mass is 10.1. The molecule has 2 heterocycles. The third-order valence-corrected chi connectivity index (χ3v) is 7.12. The van der Waals surface area contributed by atoms with Crippen molar-refractivity contribution in [2.24, 2.45) is 0 Å². The normalized spacial score (nSPS) is 17.2. The summed E-state index contributed by atoms with van der Waals surface area (Å²) in [5.74, 6) is 0.905. The minimum absolute atomic E-state index is 0.102. The molecule has 0 radical (unpaired) electrons. The highest BCUT2D eigenvalue weighted by molar-refractivity contribution is 7.92. The van der Waals surface area contributed by atoms with Crippen LogP contribution in [-0.2, 0) is 22.8 Å². The second-order valence-corrected chi connectivity index (χ2v) is 9.60. The van der Waals surface area contributed by atoms with Gasteiger partial charge in [-0.15, -0.1) is 0 Å². The first-order valence-electron chi connectivity index (χ1n) is 9.88. The maximum atomic E-state index is 12.8. The molecule has 0 unspecified atom stereocenters. The van der Waals surface area contributed by atoms with Crippen LogP contribution in [0.1, 0.15) is 11.1 Å². The van der Waals surface area contributed by atoms with Crippen LogP contribution in [0.25, 0.3) is 0 Å². The maximum absolute atomic E-state index is 12.8. The fraction of sp³-hybridized carbons (Fsp3) is 0.400. The van der Waals surface area contributed by atoms with E-state index in [1.807, 2.05) is 12.1 Å². The summed E-state index contributed by atoms with van der Waals surface area (Å²) in [4.78, 5) is 13.3. The van der Waals surface area contributed by atoms with Crippen LogP contribution in [0.4, 0.5) is 24.5 Å². The van der Waals surface area contributed by atoms with E-state index < -0.39 is 30.9 Å². The van der Waals surface area contributed by atoms with Crippen molar-refractivity contribution in [1.29, 1.82) is 0 Å². The van der Waals surface area contributed by atoms with Crippen molar-refractivity contribution in [2.75, 3.05) is 37.7 Å². The molecule has 1 fully saturated rings. The molecule has 0 atom stereocenters. The first kappa shape index (κ1) is 22.3. The number of fused-ring (bicyclic) bond motifs is 1. The van der Waals surface area contributed by atoms with Gasteiger partial charge in [0, 0.05) is 45.2 Å². The van der Waals surface area contributed by atoms with Gasteiger partial charge in [0.2, 0.25) is 0 Å². The number of piperazine rings is 1. The van der Waals surface area contributed by atoms with Crippen molar-refractivity contribution in [3.8, 4) is 5.75 Å². The Kier molecular flexibility index (Phi) is 5.76. The van der Waals surface area contributed by atoms with Crippen LogP contribution in [0.15, 0.2) is 41.3 Å². The van der Waals surface area contributed by atoms with Crippen LogP contribution in [0.3, 0.4) is 0 Å². The Balaban J connectivity index is 1.47. The molecule has 2 aromatic carbocycles. The van der Waals surface area contributed by atoms with Gasteiger partial charge in [0.05, 0.1) is 16.4 Å².